The van der Waals surface area contributed by atoms with Crippen LogP contribution in [0.25, 0.3) is 0 Å². The number of benzene rings is 3. The second-order valence-corrected chi connectivity index (χ2v) is 5.28. The van der Waals surface area contributed by atoms with E-state index in [1.54, 1.807) is 12.1 Å². The Hall–Kier alpha value is -2.81. The van der Waals surface area contributed by atoms with Gasteiger partial charge >= 0.3 is 0 Å². The van der Waals surface area contributed by atoms with E-state index in [4.69, 9.17) is 4.74 Å². The number of para-hydroxylation sites is 1. The Kier molecular flexibility index (Phi) is 4.89. The summed E-state index contributed by atoms with van der Waals surface area (Å²) < 4.78 is 18.5. The van der Waals surface area contributed by atoms with E-state index in [9.17, 15) is 4.39 Å². The molecule has 2 nitrogen and oxygen atoms in total. The summed E-state index contributed by atoms with van der Waals surface area (Å²) in [6.45, 7) is 1.20. The molecule has 0 saturated heterocycles. The van der Waals surface area contributed by atoms with Crippen LogP contribution >= 0.6 is 0 Å². The monoisotopic (exact) mass is 307 g/mol. The molecule has 0 aromatic heterocycles. The molecule has 3 aromatic rings. The Balaban J connectivity index is 1.51. The SMILES string of the molecule is Fc1ccc(COc2ccc(CNc3ccccc3)cc2)cc1. The van der Waals surface area contributed by atoms with Gasteiger partial charge < -0.3 is 10.1 Å². The van der Waals surface area contributed by atoms with Crippen LogP contribution in [0.15, 0.2) is 78.9 Å². The lowest BCUT2D eigenvalue weighted by atomic mass is 10.2. The minimum absolute atomic E-state index is 0.232. The molecular weight excluding hydrogens is 289 g/mol. The van der Waals surface area contributed by atoms with Crippen molar-refractivity contribution >= 4 is 5.69 Å². The number of ether oxygens (including phenoxy) is 1. The Morgan fingerprint density at radius 3 is 2.09 bits per heavy atom. The predicted molar refractivity (Wildman–Crippen MR) is 90.9 cm³/mol. The minimum atomic E-state index is -0.232. The van der Waals surface area contributed by atoms with Crippen LogP contribution in [0.3, 0.4) is 0 Å². The van der Waals surface area contributed by atoms with Gasteiger partial charge in [-0.05, 0) is 47.5 Å². The maximum Gasteiger partial charge on any atom is 0.123 e. The number of hydrogen-bond acceptors (Lipinski definition) is 2. The van der Waals surface area contributed by atoms with E-state index in [0.717, 1.165) is 23.5 Å². The summed E-state index contributed by atoms with van der Waals surface area (Å²) in [4.78, 5) is 0. The molecule has 116 valence electrons. The van der Waals surface area contributed by atoms with Crippen molar-refractivity contribution in [1.29, 1.82) is 0 Å². The van der Waals surface area contributed by atoms with Gasteiger partial charge in [0.15, 0.2) is 0 Å². The first-order chi connectivity index (χ1) is 11.3. The number of halogens is 1. The van der Waals surface area contributed by atoms with Crippen molar-refractivity contribution < 1.29 is 9.13 Å². The van der Waals surface area contributed by atoms with Crippen LogP contribution in [0.2, 0.25) is 0 Å². The highest BCUT2D eigenvalue weighted by Gasteiger charge is 1.98. The van der Waals surface area contributed by atoms with Gasteiger partial charge in [-0.25, -0.2) is 4.39 Å². The Labute approximate surface area is 135 Å². The van der Waals surface area contributed by atoms with E-state index in [2.05, 4.69) is 5.32 Å². The number of rotatable bonds is 6. The molecule has 0 amide bonds. The first-order valence-electron chi connectivity index (χ1n) is 7.55. The van der Waals surface area contributed by atoms with Crippen molar-refractivity contribution in [1.82, 2.24) is 0 Å². The van der Waals surface area contributed by atoms with Crippen LogP contribution < -0.4 is 10.1 Å². The first kappa shape index (κ1) is 15.1. The van der Waals surface area contributed by atoms with Crippen molar-refractivity contribution in [2.75, 3.05) is 5.32 Å². The summed E-state index contributed by atoms with van der Waals surface area (Å²) in [6, 6.07) is 24.4. The third-order valence-electron chi connectivity index (χ3n) is 3.51. The van der Waals surface area contributed by atoms with E-state index >= 15 is 0 Å². The topological polar surface area (TPSA) is 21.3 Å². The lowest BCUT2D eigenvalue weighted by Gasteiger charge is -2.09. The summed E-state index contributed by atoms with van der Waals surface area (Å²) in [5.74, 6) is 0.571. The molecular formula is C20H18FNO. The summed E-state index contributed by atoms with van der Waals surface area (Å²) >= 11 is 0. The fourth-order valence-corrected chi connectivity index (χ4v) is 2.21. The molecule has 0 fully saturated rings. The molecule has 0 aliphatic carbocycles. The zero-order chi connectivity index (χ0) is 15.9. The largest absolute Gasteiger partial charge is 0.489 e. The van der Waals surface area contributed by atoms with Gasteiger partial charge in [-0.15, -0.1) is 0 Å². The molecule has 0 unspecified atom stereocenters. The summed E-state index contributed by atoms with van der Waals surface area (Å²) in [7, 11) is 0. The number of anilines is 1. The van der Waals surface area contributed by atoms with Gasteiger partial charge in [0.1, 0.15) is 18.2 Å². The molecule has 3 heteroatoms. The molecule has 0 heterocycles. The zero-order valence-electron chi connectivity index (χ0n) is 12.7. The Morgan fingerprint density at radius 1 is 0.739 bits per heavy atom. The second kappa shape index (κ2) is 7.45. The van der Waals surface area contributed by atoms with Gasteiger partial charge in [-0.2, -0.15) is 0 Å². The lowest BCUT2D eigenvalue weighted by Crippen LogP contribution is -1.99. The lowest BCUT2D eigenvalue weighted by molar-refractivity contribution is 0.306. The highest BCUT2D eigenvalue weighted by molar-refractivity contribution is 5.43. The third-order valence-corrected chi connectivity index (χ3v) is 3.51. The van der Waals surface area contributed by atoms with Gasteiger partial charge in [-0.3, -0.25) is 0 Å². The van der Waals surface area contributed by atoms with Crippen LogP contribution in [-0.4, -0.2) is 0 Å². The highest BCUT2D eigenvalue weighted by atomic mass is 19.1. The molecule has 0 aliphatic heterocycles. The number of hydrogen-bond donors (Lipinski definition) is 1. The van der Waals surface area contributed by atoms with Crippen molar-refractivity contribution in [2.24, 2.45) is 0 Å². The smallest absolute Gasteiger partial charge is 0.123 e. The van der Waals surface area contributed by atoms with Gasteiger partial charge in [0.25, 0.3) is 0 Å². The van der Waals surface area contributed by atoms with Crippen LogP contribution in [-0.2, 0) is 13.2 Å². The van der Waals surface area contributed by atoms with E-state index in [1.807, 2.05) is 54.6 Å². The molecule has 3 aromatic carbocycles. The average Bonchev–Trinajstić information content (AvgIpc) is 2.61. The predicted octanol–water partition coefficient (Wildman–Crippen LogP) is 5.02. The first-order valence-corrected chi connectivity index (χ1v) is 7.55. The molecule has 0 bridgehead atoms. The molecule has 0 saturated carbocycles. The molecule has 0 atom stereocenters. The normalized spacial score (nSPS) is 10.3. The maximum absolute atomic E-state index is 12.8. The van der Waals surface area contributed by atoms with Crippen molar-refractivity contribution in [3.8, 4) is 5.75 Å². The number of nitrogens with one attached hydrogen (secondary N) is 1. The standard InChI is InChI=1S/C20H18FNO/c21-18-10-6-17(7-11-18)15-23-20-12-8-16(9-13-20)14-22-19-4-2-1-3-5-19/h1-13,22H,14-15H2. The summed E-state index contributed by atoms with van der Waals surface area (Å²) in [6.07, 6.45) is 0. The molecule has 0 spiro atoms. The van der Waals surface area contributed by atoms with E-state index in [0.29, 0.717) is 6.61 Å². The van der Waals surface area contributed by atoms with Crippen LogP contribution in [0.1, 0.15) is 11.1 Å². The average molecular weight is 307 g/mol. The zero-order valence-corrected chi connectivity index (χ0v) is 12.7. The van der Waals surface area contributed by atoms with Gasteiger partial charge in [0.05, 0.1) is 0 Å². The van der Waals surface area contributed by atoms with E-state index in [1.165, 1.54) is 17.7 Å². The maximum atomic E-state index is 12.8. The Bertz CT molecular complexity index is 724. The highest BCUT2D eigenvalue weighted by Crippen LogP contribution is 2.16. The third kappa shape index (κ3) is 4.58. The van der Waals surface area contributed by atoms with Crippen LogP contribution in [0.4, 0.5) is 10.1 Å². The van der Waals surface area contributed by atoms with Crippen molar-refractivity contribution in [2.45, 2.75) is 13.2 Å². The summed E-state index contributed by atoms with van der Waals surface area (Å²) in [5, 5.41) is 3.37. The van der Waals surface area contributed by atoms with E-state index < -0.39 is 0 Å². The second-order valence-electron chi connectivity index (χ2n) is 5.28. The minimum Gasteiger partial charge on any atom is -0.489 e. The van der Waals surface area contributed by atoms with Gasteiger partial charge in [0.2, 0.25) is 0 Å². The molecule has 0 aliphatic rings. The van der Waals surface area contributed by atoms with Crippen LogP contribution in [0.5, 0.6) is 5.75 Å². The fraction of sp³-hybridized carbons (Fsp3) is 0.100. The van der Waals surface area contributed by atoms with Crippen molar-refractivity contribution in [3.63, 3.8) is 0 Å². The van der Waals surface area contributed by atoms with Gasteiger partial charge in [0, 0.05) is 12.2 Å². The van der Waals surface area contributed by atoms with E-state index in [-0.39, 0.29) is 5.82 Å². The van der Waals surface area contributed by atoms with Crippen molar-refractivity contribution in [3.05, 3.63) is 95.8 Å². The molecule has 23 heavy (non-hydrogen) atoms. The van der Waals surface area contributed by atoms with Crippen LogP contribution in [0, 0.1) is 5.82 Å². The molecule has 3 rings (SSSR count). The summed E-state index contributed by atoms with van der Waals surface area (Å²) in [5.41, 5.74) is 3.23. The molecule has 0 radical (unpaired) electrons. The Morgan fingerprint density at radius 2 is 1.39 bits per heavy atom. The quantitative estimate of drug-likeness (QED) is 0.690. The molecule has 1 N–H and O–H groups in total. The fourth-order valence-electron chi connectivity index (χ4n) is 2.21. The van der Waals surface area contributed by atoms with Gasteiger partial charge in [-0.1, -0.05) is 42.5 Å².